The summed E-state index contributed by atoms with van der Waals surface area (Å²) in [6, 6.07) is 4.32. The summed E-state index contributed by atoms with van der Waals surface area (Å²) in [6.45, 7) is 6.95. The fraction of sp³-hybridized carbons (Fsp3) is 0.706. The first-order chi connectivity index (χ1) is 9.68. The second-order valence-corrected chi connectivity index (χ2v) is 19.3. The number of anilines is 1. The first-order valence-electron chi connectivity index (χ1n) is 8.40. The van der Waals surface area contributed by atoms with E-state index in [1.54, 1.807) is 3.58 Å². The zero-order chi connectivity index (χ0) is 14.8. The number of rotatable bonds is 10. The molecule has 0 aromatic carbocycles. The summed E-state index contributed by atoms with van der Waals surface area (Å²) < 4.78 is 6.11. The molecule has 1 heterocycles. The molecule has 3 heteroatoms. The number of nitrogen functional groups attached to an aromatic ring is 1. The van der Waals surface area contributed by atoms with Crippen molar-refractivity contribution in [2.75, 3.05) is 5.73 Å². The fourth-order valence-electron chi connectivity index (χ4n) is 3.07. The van der Waals surface area contributed by atoms with Crippen LogP contribution in [0.1, 0.15) is 59.3 Å². The molecule has 0 atom stereocenters. The van der Waals surface area contributed by atoms with Crippen LogP contribution >= 0.6 is 0 Å². The molecule has 1 aromatic heterocycles. The van der Waals surface area contributed by atoms with Crippen LogP contribution in [0.3, 0.4) is 0 Å². The van der Waals surface area contributed by atoms with Crippen molar-refractivity contribution in [1.29, 1.82) is 0 Å². The van der Waals surface area contributed by atoms with Crippen molar-refractivity contribution in [3.8, 4) is 0 Å². The van der Waals surface area contributed by atoms with Gasteiger partial charge >= 0.3 is 129 Å². The third-order valence-corrected chi connectivity index (χ3v) is 20.0. The van der Waals surface area contributed by atoms with Gasteiger partial charge in [-0.15, -0.1) is 0 Å². The summed E-state index contributed by atoms with van der Waals surface area (Å²) in [6.07, 6.45) is 10.3. The van der Waals surface area contributed by atoms with Crippen LogP contribution < -0.4 is 9.31 Å². The second-order valence-electron chi connectivity index (χ2n) is 6.06. The second kappa shape index (κ2) is 9.64. The van der Waals surface area contributed by atoms with E-state index in [0.717, 1.165) is 0 Å². The minimum atomic E-state index is -2.24. The quantitative estimate of drug-likeness (QED) is 0.594. The minimum absolute atomic E-state index is 0.662. The molecule has 0 saturated carbocycles. The summed E-state index contributed by atoms with van der Waals surface area (Å²) >= 11 is -2.24. The standard InChI is InChI=1S/C5H5N2.3C4H9.Sn/c6-5-3-1-2-4-7-5;3*1-3-4-2;/h1,3-4H,(H2,6,7);3*1,3-4H2,2H3;. The van der Waals surface area contributed by atoms with Gasteiger partial charge in [0.05, 0.1) is 0 Å². The van der Waals surface area contributed by atoms with Gasteiger partial charge in [-0.2, -0.15) is 0 Å². The molecule has 0 aliphatic carbocycles. The topological polar surface area (TPSA) is 38.9 Å². The number of hydrogen-bond acceptors (Lipinski definition) is 2. The summed E-state index contributed by atoms with van der Waals surface area (Å²) in [5, 5.41) is 0. The third kappa shape index (κ3) is 5.27. The molecule has 0 radical (unpaired) electrons. The van der Waals surface area contributed by atoms with Gasteiger partial charge in [-0.05, 0) is 0 Å². The number of nitrogens with zero attached hydrogens (tertiary/aromatic N) is 1. The Labute approximate surface area is 129 Å². The van der Waals surface area contributed by atoms with Crippen molar-refractivity contribution in [2.24, 2.45) is 0 Å². The predicted molar refractivity (Wildman–Crippen MR) is 93.2 cm³/mol. The number of hydrogen-bond donors (Lipinski definition) is 1. The van der Waals surface area contributed by atoms with Crippen LogP contribution in [0.4, 0.5) is 5.82 Å². The molecule has 0 amide bonds. The van der Waals surface area contributed by atoms with Gasteiger partial charge in [0, 0.05) is 0 Å². The van der Waals surface area contributed by atoms with Crippen molar-refractivity contribution in [3.05, 3.63) is 18.3 Å². The number of nitrogens with two attached hydrogens (primary N) is 1. The zero-order valence-electron chi connectivity index (χ0n) is 13.6. The van der Waals surface area contributed by atoms with E-state index in [0.29, 0.717) is 5.82 Å². The molecule has 114 valence electrons. The average Bonchev–Trinajstić information content (AvgIpc) is 2.48. The van der Waals surface area contributed by atoms with E-state index in [4.69, 9.17) is 5.73 Å². The van der Waals surface area contributed by atoms with E-state index in [9.17, 15) is 0 Å². The first-order valence-corrected chi connectivity index (χ1v) is 15.9. The van der Waals surface area contributed by atoms with Crippen molar-refractivity contribution in [2.45, 2.75) is 72.6 Å². The van der Waals surface area contributed by atoms with Gasteiger partial charge in [-0.25, -0.2) is 0 Å². The molecule has 1 rings (SSSR count). The van der Waals surface area contributed by atoms with E-state index in [1.807, 2.05) is 6.07 Å². The van der Waals surface area contributed by atoms with Crippen LogP contribution in [0.2, 0.25) is 13.3 Å². The summed E-state index contributed by atoms with van der Waals surface area (Å²) in [4.78, 5) is 4.40. The molecule has 0 aliphatic rings. The number of unbranched alkanes of at least 4 members (excludes halogenated alkanes) is 3. The fourth-order valence-corrected chi connectivity index (χ4v) is 18.7. The van der Waals surface area contributed by atoms with E-state index in [2.05, 4.69) is 38.0 Å². The Morgan fingerprint density at radius 2 is 1.40 bits per heavy atom. The van der Waals surface area contributed by atoms with Crippen LogP contribution in [-0.2, 0) is 0 Å². The molecule has 2 N–H and O–H groups in total. The van der Waals surface area contributed by atoms with Gasteiger partial charge in [-0.1, -0.05) is 0 Å². The molecule has 0 spiro atoms. The summed E-state index contributed by atoms with van der Waals surface area (Å²) in [7, 11) is 0. The normalized spacial score (nSPS) is 11.8. The maximum atomic E-state index is 5.78. The van der Waals surface area contributed by atoms with Crippen LogP contribution in [0.15, 0.2) is 18.3 Å². The SMILES string of the molecule is CCC[CH2][Sn]([CH2]CCC)([CH2]CCC)[c]1ccc(N)nc1. The number of pyridine rings is 1. The van der Waals surface area contributed by atoms with Gasteiger partial charge in [0.2, 0.25) is 0 Å². The first kappa shape index (κ1) is 17.8. The molecule has 20 heavy (non-hydrogen) atoms. The molecule has 0 saturated heterocycles. The molecule has 0 fully saturated rings. The summed E-state index contributed by atoms with van der Waals surface area (Å²) in [5.74, 6) is 0.662. The van der Waals surface area contributed by atoms with Crippen molar-refractivity contribution >= 4 is 27.8 Å². The Morgan fingerprint density at radius 1 is 0.900 bits per heavy atom. The van der Waals surface area contributed by atoms with Crippen molar-refractivity contribution in [3.63, 3.8) is 0 Å². The molecule has 1 aromatic rings. The van der Waals surface area contributed by atoms with E-state index >= 15 is 0 Å². The van der Waals surface area contributed by atoms with Crippen LogP contribution in [0.25, 0.3) is 0 Å². The monoisotopic (exact) mass is 384 g/mol. The van der Waals surface area contributed by atoms with E-state index in [1.165, 1.54) is 51.8 Å². The number of aromatic nitrogens is 1. The molecule has 0 bridgehead atoms. The van der Waals surface area contributed by atoms with Gasteiger partial charge in [0.25, 0.3) is 0 Å². The van der Waals surface area contributed by atoms with Crippen molar-refractivity contribution in [1.82, 2.24) is 4.98 Å². The van der Waals surface area contributed by atoms with Gasteiger partial charge < -0.3 is 0 Å². The Kier molecular flexibility index (Phi) is 8.58. The molecule has 0 aliphatic heterocycles. The summed E-state index contributed by atoms with van der Waals surface area (Å²) in [5.41, 5.74) is 5.78. The molecule has 2 nitrogen and oxygen atoms in total. The van der Waals surface area contributed by atoms with Gasteiger partial charge in [0.15, 0.2) is 0 Å². The zero-order valence-corrected chi connectivity index (χ0v) is 16.5. The van der Waals surface area contributed by atoms with Crippen LogP contribution in [-0.4, -0.2) is 23.4 Å². The third-order valence-electron chi connectivity index (χ3n) is 4.43. The maximum absolute atomic E-state index is 5.78. The Balaban J connectivity index is 3.00. The van der Waals surface area contributed by atoms with Crippen LogP contribution in [0, 0.1) is 0 Å². The van der Waals surface area contributed by atoms with E-state index < -0.39 is 18.4 Å². The van der Waals surface area contributed by atoms with E-state index in [-0.39, 0.29) is 0 Å². The van der Waals surface area contributed by atoms with Crippen LogP contribution in [0.5, 0.6) is 0 Å². The molecular formula is C17H32N2Sn. The molecular weight excluding hydrogens is 351 g/mol. The average molecular weight is 383 g/mol. The van der Waals surface area contributed by atoms with Crippen molar-refractivity contribution < 1.29 is 0 Å². The molecule has 0 unspecified atom stereocenters. The Bertz CT molecular complexity index is 340. The predicted octanol–water partition coefficient (Wildman–Crippen LogP) is 4.72. The Morgan fingerprint density at radius 3 is 1.75 bits per heavy atom. The Hall–Kier alpha value is -0.251. The van der Waals surface area contributed by atoms with Gasteiger partial charge in [0.1, 0.15) is 0 Å². The van der Waals surface area contributed by atoms with Gasteiger partial charge in [-0.3, -0.25) is 0 Å².